The fourth-order valence-electron chi connectivity index (χ4n) is 3.24. The van der Waals surface area contributed by atoms with Crippen molar-refractivity contribution in [2.45, 2.75) is 51.6 Å². The van der Waals surface area contributed by atoms with Gasteiger partial charge in [0.2, 0.25) is 0 Å². The van der Waals surface area contributed by atoms with Gasteiger partial charge in [-0.05, 0) is 57.4 Å². The fraction of sp³-hybridized carbons (Fsp3) is 0.500. The molecule has 2 aliphatic rings. The number of hydrogen-bond donors (Lipinski definition) is 1. The van der Waals surface area contributed by atoms with Crippen LogP contribution in [0, 0.1) is 11.8 Å². The molecule has 0 saturated carbocycles. The van der Waals surface area contributed by atoms with E-state index in [2.05, 4.69) is 49.5 Å². The summed E-state index contributed by atoms with van der Waals surface area (Å²) in [4.78, 5) is 0. The van der Waals surface area contributed by atoms with Crippen molar-refractivity contribution < 1.29 is 5.11 Å². The highest BCUT2D eigenvalue weighted by molar-refractivity contribution is 6.29. The minimum absolute atomic E-state index is 0.262. The Morgan fingerprint density at radius 2 is 2.18 bits per heavy atom. The van der Waals surface area contributed by atoms with E-state index in [9.17, 15) is 5.11 Å². The minimum atomic E-state index is -0.265. The first-order chi connectivity index (χ1) is 10.7. The second-order valence-corrected chi connectivity index (χ2v) is 6.70. The lowest BCUT2D eigenvalue weighted by atomic mass is 9.81. The zero-order valence-electron chi connectivity index (χ0n) is 13.4. The molecule has 0 aromatic heterocycles. The van der Waals surface area contributed by atoms with Crippen LogP contribution in [0.1, 0.15) is 45.4 Å². The van der Waals surface area contributed by atoms with Crippen molar-refractivity contribution in [2.75, 3.05) is 0 Å². The summed E-state index contributed by atoms with van der Waals surface area (Å²) in [6.45, 7) is 2.06. The van der Waals surface area contributed by atoms with Crippen LogP contribution in [-0.4, -0.2) is 11.2 Å². The normalized spacial score (nSPS) is 24.2. The molecule has 0 amide bonds. The summed E-state index contributed by atoms with van der Waals surface area (Å²) in [6.07, 6.45) is 22.6. The van der Waals surface area contributed by atoms with E-state index in [1.165, 1.54) is 5.57 Å². The van der Waals surface area contributed by atoms with Crippen LogP contribution in [0.25, 0.3) is 0 Å². The molecule has 0 heterocycles. The first kappa shape index (κ1) is 17.3. The van der Waals surface area contributed by atoms with Gasteiger partial charge in [-0.15, -0.1) is 0 Å². The third-order valence-electron chi connectivity index (χ3n) is 4.61. The Morgan fingerprint density at radius 3 is 2.82 bits per heavy atom. The van der Waals surface area contributed by atoms with Crippen LogP contribution in [-0.2, 0) is 0 Å². The standard InChI is InChI=1S/C20H27ClO/c1-2-3-5-10-18(16-11-13-19(21)14-12-16)15-20(22)17-8-6-4-7-9-17/h2-4,6-8,11,13,17-18,20,22H,5,9-10,12,14-15H2,1H3/b3-2+. The lowest BCUT2D eigenvalue weighted by Gasteiger charge is -2.28. The highest BCUT2D eigenvalue weighted by atomic mass is 35.5. The van der Waals surface area contributed by atoms with Gasteiger partial charge in [-0.1, -0.05) is 59.7 Å². The molecule has 0 aromatic carbocycles. The Balaban J connectivity index is 2.00. The number of hydrogen-bond acceptors (Lipinski definition) is 1. The maximum atomic E-state index is 10.6. The van der Waals surface area contributed by atoms with Gasteiger partial charge < -0.3 is 5.11 Å². The molecule has 1 N–H and O–H groups in total. The summed E-state index contributed by atoms with van der Waals surface area (Å²) in [5.41, 5.74) is 1.45. The molecule has 0 saturated heterocycles. The molecular weight excluding hydrogens is 292 g/mol. The van der Waals surface area contributed by atoms with Crippen molar-refractivity contribution in [3.05, 3.63) is 59.2 Å². The molecule has 2 aliphatic carbocycles. The molecule has 2 rings (SSSR count). The Kier molecular flexibility index (Phi) is 7.21. The zero-order valence-corrected chi connectivity index (χ0v) is 14.2. The highest BCUT2D eigenvalue weighted by Crippen LogP contribution is 2.33. The third-order valence-corrected chi connectivity index (χ3v) is 4.92. The average Bonchev–Trinajstić information content (AvgIpc) is 2.55. The van der Waals surface area contributed by atoms with E-state index >= 15 is 0 Å². The molecule has 22 heavy (non-hydrogen) atoms. The summed E-state index contributed by atoms with van der Waals surface area (Å²) >= 11 is 6.08. The molecule has 0 spiro atoms. The van der Waals surface area contributed by atoms with Gasteiger partial charge in [-0.2, -0.15) is 0 Å². The van der Waals surface area contributed by atoms with Crippen LogP contribution in [0.4, 0.5) is 0 Å². The van der Waals surface area contributed by atoms with Gasteiger partial charge in [-0.3, -0.25) is 0 Å². The molecule has 0 bridgehead atoms. The van der Waals surface area contributed by atoms with E-state index < -0.39 is 0 Å². The van der Waals surface area contributed by atoms with Crippen molar-refractivity contribution in [1.82, 2.24) is 0 Å². The van der Waals surface area contributed by atoms with Crippen LogP contribution in [0.5, 0.6) is 0 Å². The summed E-state index contributed by atoms with van der Waals surface area (Å²) in [7, 11) is 0. The van der Waals surface area contributed by atoms with Gasteiger partial charge in [0.1, 0.15) is 0 Å². The lowest BCUT2D eigenvalue weighted by molar-refractivity contribution is 0.105. The maximum Gasteiger partial charge on any atom is 0.0611 e. The predicted octanol–water partition coefficient (Wildman–Crippen LogP) is 5.69. The minimum Gasteiger partial charge on any atom is -0.392 e. The Morgan fingerprint density at radius 1 is 1.32 bits per heavy atom. The zero-order chi connectivity index (χ0) is 15.8. The van der Waals surface area contributed by atoms with Crippen molar-refractivity contribution in [2.24, 2.45) is 11.8 Å². The van der Waals surface area contributed by atoms with Crippen LogP contribution < -0.4 is 0 Å². The molecular formula is C20H27ClO. The third kappa shape index (κ3) is 5.30. The Bertz CT molecular complexity index is 496. The van der Waals surface area contributed by atoms with Gasteiger partial charge in [0.15, 0.2) is 0 Å². The van der Waals surface area contributed by atoms with Crippen LogP contribution in [0.15, 0.2) is 59.2 Å². The molecule has 1 nitrogen and oxygen atoms in total. The summed E-state index contributed by atoms with van der Waals surface area (Å²) in [5, 5.41) is 11.6. The Labute approximate surface area is 139 Å². The quantitative estimate of drug-likeness (QED) is 0.598. The monoisotopic (exact) mass is 318 g/mol. The van der Waals surface area contributed by atoms with Crippen molar-refractivity contribution in [1.29, 1.82) is 0 Å². The number of aliphatic hydroxyl groups excluding tert-OH is 1. The molecule has 3 unspecified atom stereocenters. The number of allylic oxidation sites excluding steroid dienone is 9. The Hall–Kier alpha value is -1.05. The lowest BCUT2D eigenvalue weighted by Crippen LogP contribution is -2.24. The topological polar surface area (TPSA) is 20.2 Å². The van der Waals surface area contributed by atoms with E-state index in [-0.39, 0.29) is 12.0 Å². The smallest absolute Gasteiger partial charge is 0.0611 e. The van der Waals surface area contributed by atoms with Gasteiger partial charge in [0.05, 0.1) is 6.10 Å². The van der Waals surface area contributed by atoms with Crippen LogP contribution in [0.3, 0.4) is 0 Å². The fourth-order valence-corrected chi connectivity index (χ4v) is 3.40. The van der Waals surface area contributed by atoms with Gasteiger partial charge >= 0.3 is 0 Å². The van der Waals surface area contributed by atoms with Gasteiger partial charge in [0, 0.05) is 11.0 Å². The summed E-state index contributed by atoms with van der Waals surface area (Å²) in [5.74, 6) is 0.712. The SMILES string of the molecule is C/C=C/CCC(CC(O)C1C=CC=CC1)C1=CC=C(Cl)CC1. The largest absolute Gasteiger partial charge is 0.392 e. The molecule has 2 heteroatoms. The van der Waals surface area contributed by atoms with Crippen LogP contribution in [0.2, 0.25) is 0 Å². The second-order valence-electron chi connectivity index (χ2n) is 6.21. The average molecular weight is 319 g/mol. The molecule has 3 atom stereocenters. The molecule has 120 valence electrons. The van der Waals surface area contributed by atoms with Crippen molar-refractivity contribution >= 4 is 11.6 Å². The van der Waals surface area contributed by atoms with Gasteiger partial charge in [0.25, 0.3) is 0 Å². The molecule has 0 aromatic rings. The van der Waals surface area contributed by atoms with E-state index in [1.54, 1.807) is 0 Å². The maximum absolute atomic E-state index is 10.6. The predicted molar refractivity (Wildman–Crippen MR) is 95.8 cm³/mol. The molecule has 0 aliphatic heterocycles. The summed E-state index contributed by atoms with van der Waals surface area (Å²) < 4.78 is 0. The van der Waals surface area contributed by atoms with Crippen LogP contribution >= 0.6 is 11.6 Å². The second kappa shape index (κ2) is 9.17. The van der Waals surface area contributed by atoms with E-state index in [0.717, 1.165) is 43.6 Å². The van der Waals surface area contributed by atoms with E-state index in [1.807, 2.05) is 6.08 Å². The number of aliphatic hydroxyl groups is 1. The summed E-state index contributed by atoms with van der Waals surface area (Å²) in [6, 6.07) is 0. The van der Waals surface area contributed by atoms with Gasteiger partial charge in [-0.25, -0.2) is 0 Å². The molecule has 0 radical (unpaired) electrons. The van der Waals surface area contributed by atoms with E-state index in [0.29, 0.717) is 5.92 Å². The first-order valence-corrected chi connectivity index (χ1v) is 8.76. The molecule has 0 fully saturated rings. The van der Waals surface area contributed by atoms with Crippen molar-refractivity contribution in [3.63, 3.8) is 0 Å². The first-order valence-electron chi connectivity index (χ1n) is 8.38. The number of halogens is 1. The van der Waals surface area contributed by atoms with E-state index in [4.69, 9.17) is 11.6 Å². The van der Waals surface area contributed by atoms with Crippen molar-refractivity contribution in [3.8, 4) is 0 Å². The number of rotatable bonds is 7. The highest BCUT2D eigenvalue weighted by Gasteiger charge is 2.24.